The molecule has 78 valence electrons. The predicted molar refractivity (Wildman–Crippen MR) is 44.0 cm³/mol. The van der Waals surface area contributed by atoms with Crippen LogP contribution in [0.5, 0.6) is 0 Å². The summed E-state index contributed by atoms with van der Waals surface area (Å²) in [4.78, 5) is 0. The molecule has 0 saturated carbocycles. The first-order valence-electron chi connectivity index (χ1n) is 4.34. The van der Waals surface area contributed by atoms with Gasteiger partial charge >= 0.3 is 0 Å². The minimum atomic E-state index is -1.20. The summed E-state index contributed by atoms with van der Waals surface area (Å²) in [5.74, 6) is 0. The van der Waals surface area contributed by atoms with Gasteiger partial charge in [0.05, 0.1) is 6.10 Å². The van der Waals surface area contributed by atoms with Crippen molar-refractivity contribution in [1.82, 2.24) is 0 Å². The van der Waals surface area contributed by atoms with Gasteiger partial charge in [-0.2, -0.15) is 0 Å². The van der Waals surface area contributed by atoms with Crippen molar-refractivity contribution in [2.45, 2.75) is 44.1 Å². The fraction of sp³-hybridized carbons (Fsp3) is 1.00. The molecular formula is C8H16O5. The summed E-state index contributed by atoms with van der Waals surface area (Å²) in [7, 11) is 1.38. The number of methoxy groups -OCH3 is 1. The van der Waals surface area contributed by atoms with Crippen molar-refractivity contribution in [2.24, 2.45) is 0 Å². The predicted octanol–water partition coefficient (Wildman–Crippen LogP) is -1.15. The number of ether oxygens (including phenoxy) is 2. The van der Waals surface area contributed by atoms with Crippen LogP contribution >= 0.6 is 0 Å². The molecule has 0 aromatic heterocycles. The van der Waals surface area contributed by atoms with Gasteiger partial charge in [0.25, 0.3) is 0 Å². The average Bonchev–Trinajstić information content (AvgIpc) is 2.15. The second-order valence-corrected chi connectivity index (χ2v) is 3.16. The molecule has 0 bridgehead atoms. The molecule has 13 heavy (non-hydrogen) atoms. The lowest BCUT2D eigenvalue weighted by molar-refractivity contribution is -0.290. The fourth-order valence-electron chi connectivity index (χ4n) is 1.45. The van der Waals surface area contributed by atoms with E-state index in [2.05, 4.69) is 0 Å². The highest BCUT2D eigenvalue weighted by Crippen LogP contribution is 2.23. The molecule has 1 saturated heterocycles. The topological polar surface area (TPSA) is 79.2 Å². The molecule has 1 aliphatic heterocycles. The van der Waals surface area contributed by atoms with Gasteiger partial charge in [-0.25, -0.2) is 0 Å². The van der Waals surface area contributed by atoms with Crippen LogP contribution < -0.4 is 0 Å². The Labute approximate surface area is 76.9 Å². The van der Waals surface area contributed by atoms with Crippen LogP contribution in [0.1, 0.15) is 13.3 Å². The van der Waals surface area contributed by atoms with Gasteiger partial charge in [0.1, 0.15) is 18.3 Å². The number of aliphatic hydroxyl groups excluding tert-OH is 3. The van der Waals surface area contributed by atoms with E-state index in [-0.39, 0.29) is 0 Å². The standard InChI is InChI=1S/C8H16O5/c1-3-4-5(9)6(10)7(11)8(12-2)13-4/h4-11H,3H2,1-2H3/t4?,5-,6-,7?,8+/m0/s1. The largest absolute Gasteiger partial charge is 0.388 e. The molecule has 5 heteroatoms. The molecule has 0 aliphatic carbocycles. The third-order valence-corrected chi connectivity index (χ3v) is 2.30. The third-order valence-electron chi connectivity index (χ3n) is 2.30. The minimum absolute atomic E-state index is 0.483. The summed E-state index contributed by atoms with van der Waals surface area (Å²) in [6.45, 7) is 1.82. The van der Waals surface area contributed by atoms with E-state index in [0.717, 1.165) is 0 Å². The van der Waals surface area contributed by atoms with Gasteiger partial charge in [-0.3, -0.25) is 0 Å². The lowest BCUT2D eigenvalue weighted by Crippen LogP contribution is -2.57. The van der Waals surface area contributed by atoms with Crippen molar-refractivity contribution >= 4 is 0 Å². The first kappa shape index (κ1) is 10.9. The van der Waals surface area contributed by atoms with Crippen LogP contribution in [0.25, 0.3) is 0 Å². The highest BCUT2D eigenvalue weighted by Gasteiger charge is 2.42. The van der Waals surface area contributed by atoms with Crippen molar-refractivity contribution in [1.29, 1.82) is 0 Å². The minimum Gasteiger partial charge on any atom is -0.388 e. The van der Waals surface area contributed by atoms with Gasteiger partial charge in [0.15, 0.2) is 6.29 Å². The van der Waals surface area contributed by atoms with Crippen LogP contribution in [-0.2, 0) is 9.47 Å². The number of hydrogen-bond donors (Lipinski definition) is 3. The summed E-state index contributed by atoms with van der Waals surface area (Å²) in [6.07, 6.45) is -4.23. The normalized spacial score (nSPS) is 46.4. The van der Waals surface area contributed by atoms with Crippen molar-refractivity contribution in [2.75, 3.05) is 7.11 Å². The van der Waals surface area contributed by atoms with Crippen molar-refractivity contribution < 1.29 is 24.8 Å². The van der Waals surface area contributed by atoms with E-state index in [9.17, 15) is 15.3 Å². The Morgan fingerprint density at radius 3 is 2.23 bits per heavy atom. The second-order valence-electron chi connectivity index (χ2n) is 3.16. The van der Waals surface area contributed by atoms with Gasteiger partial charge in [0, 0.05) is 7.11 Å². The Hall–Kier alpha value is -0.200. The zero-order valence-electron chi connectivity index (χ0n) is 7.75. The van der Waals surface area contributed by atoms with Crippen LogP contribution in [0.15, 0.2) is 0 Å². The maximum Gasteiger partial charge on any atom is 0.186 e. The molecule has 1 rings (SSSR count). The quantitative estimate of drug-likeness (QED) is 0.515. The Balaban J connectivity index is 2.66. The van der Waals surface area contributed by atoms with Gasteiger partial charge in [-0.15, -0.1) is 0 Å². The monoisotopic (exact) mass is 192 g/mol. The van der Waals surface area contributed by atoms with Gasteiger partial charge < -0.3 is 24.8 Å². The smallest absolute Gasteiger partial charge is 0.186 e. The van der Waals surface area contributed by atoms with Crippen LogP contribution in [0, 0.1) is 0 Å². The molecule has 0 radical (unpaired) electrons. The molecule has 2 unspecified atom stereocenters. The maximum atomic E-state index is 9.43. The van der Waals surface area contributed by atoms with Crippen LogP contribution in [0.3, 0.4) is 0 Å². The summed E-state index contributed by atoms with van der Waals surface area (Å²) in [5.41, 5.74) is 0. The Morgan fingerprint density at radius 1 is 1.15 bits per heavy atom. The van der Waals surface area contributed by atoms with E-state index >= 15 is 0 Å². The molecule has 1 aliphatic rings. The molecule has 0 amide bonds. The van der Waals surface area contributed by atoms with E-state index < -0.39 is 30.7 Å². The van der Waals surface area contributed by atoms with Gasteiger partial charge in [-0.05, 0) is 6.42 Å². The van der Waals surface area contributed by atoms with Crippen LogP contribution in [0.4, 0.5) is 0 Å². The number of rotatable bonds is 2. The zero-order valence-corrected chi connectivity index (χ0v) is 7.75. The SMILES string of the molecule is CCC1O[C@@H](OC)C(O)[C@@H](O)[C@H]1O. The lowest BCUT2D eigenvalue weighted by Gasteiger charge is -2.39. The molecule has 0 aromatic carbocycles. The average molecular weight is 192 g/mol. The molecule has 5 nitrogen and oxygen atoms in total. The van der Waals surface area contributed by atoms with Crippen molar-refractivity contribution in [3.8, 4) is 0 Å². The van der Waals surface area contributed by atoms with E-state index in [0.29, 0.717) is 6.42 Å². The molecule has 1 fully saturated rings. The van der Waals surface area contributed by atoms with E-state index in [1.165, 1.54) is 7.11 Å². The fourth-order valence-corrected chi connectivity index (χ4v) is 1.45. The number of hydrogen-bond acceptors (Lipinski definition) is 5. The first-order valence-corrected chi connectivity index (χ1v) is 4.34. The maximum absolute atomic E-state index is 9.43. The molecule has 3 N–H and O–H groups in total. The third kappa shape index (κ3) is 2.00. The molecule has 0 aromatic rings. The van der Waals surface area contributed by atoms with Crippen molar-refractivity contribution in [3.63, 3.8) is 0 Å². The summed E-state index contributed by atoms with van der Waals surface area (Å²) >= 11 is 0. The molecule has 0 spiro atoms. The van der Waals surface area contributed by atoms with E-state index in [1.807, 2.05) is 6.92 Å². The molecule has 1 heterocycles. The van der Waals surface area contributed by atoms with Crippen LogP contribution in [0.2, 0.25) is 0 Å². The molecular weight excluding hydrogens is 176 g/mol. The van der Waals surface area contributed by atoms with E-state index in [4.69, 9.17) is 9.47 Å². The second kappa shape index (κ2) is 4.34. The van der Waals surface area contributed by atoms with Crippen LogP contribution in [-0.4, -0.2) is 53.1 Å². The summed E-state index contributed by atoms with van der Waals surface area (Å²) in [5, 5.41) is 28.2. The zero-order chi connectivity index (χ0) is 10.0. The highest BCUT2D eigenvalue weighted by molar-refractivity contribution is 4.88. The Bertz CT molecular complexity index is 143. The van der Waals surface area contributed by atoms with E-state index in [1.54, 1.807) is 0 Å². The first-order chi connectivity index (χ1) is 6.11. The van der Waals surface area contributed by atoms with Gasteiger partial charge in [0.2, 0.25) is 0 Å². The highest BCUT2D eigenvalue weighted by atomic mass is 16.7. The summed E-state index contributed by atoms with van der Waals surface area (Å²) < 4.78 is 10.0. The number of aliphatic hydroxyl groups is 3. The Morgan fingerprint density at radius 2 is 1.77 bits per heavy atom. The van der Waals surface area contributed by atoms with Gasteiger partial charge in [-0.1, -0.05) is 6.92 Å². The Kier molecular flexibility index (Phi) is 3.63. The van der Waals surface area contributed by atoms with Crippen molar-refractivity contribution in [3.05, 3.63) is 0 Å². The lowest BCUT2D eigenvalue weighted by atomic mass is 9.97. The molecule has 5 atom stereocenters. The summed E-state index contributed by atoms with van der Waals surface area (Å²) in [6, 6.07) is 0.